The summed E-state index contributed by atoms with van der Waals surface area (Å²) in [7, 11) is -2.09. The van der Waals surface area contributed by atoms with E-state index in [0.29, 0.717) is 6.54 Å². The first kappa shape index (κ1) is 20.4. The zero-order chi connectivity index (χ0) is 20.1. The highest BCUT2D eigenvalue weighted by Crippen LogP contribution is 2.27. The second-order valence-corrected chi connectivity index (χ2v) is 8.48. The molecule has 1 saturated heterocycles. The van der Waals surface area contributed by atoms with E-state index in [0.717, 1.165) is 25.7 Å². The van der Waals surface area contributed by atoms with Crippen LogP contribution in [0.2, 0.25) is 0 Å². The van der Waals surface area contributed by atoms with Gasteiger partial charge in [-0.3, -0.25) is 10.1 Å². The summed E-state index contributed by atoms with van der Waals surface area (Å²) in [5.74, 6) is -0.229. The van der Waals surface area contributed by atoms with Crippen LogP contribution in [0.15, 0.2) is 33.6 Å². The molecule has 9 nitrogen and oxygen atoms in total. The van der Waals surface area contributed by atoms with Gasteiger partial charge in [0.1, 0.15) is 6.61 Å². The van der Waals surface area contributed by atoms with Crippen LogP contribution in [0.5, 0.6) is 0 Å². The van der Waals surface area contributed by atoms with Gasteiger partial charge in [0.15, 0.2) is 0 Å². The molecule has 2 heterocycles. The van der Waals surface area contributed by atoms with Gasteiger partial charge in [0, 0.05) is 25.3 Å². The predicted molar refractivity (Wildman–Crippen MR) is 101 cm³/mol. The highest BCUT2D eigenvalue weighted by atomic mass is 32.2. The summed E-state index contributed by atoms with van der Waals surface area (Å²) in [6.45, 7) is 2.68. The smallest absolute Gasteiger partial charge is 0.322 e. The maximum atomic E-state index is 13.0. The number of carbonyl (C=O) groups is 1. The Balaban J connectivity index is 1.72. The number of methoxy groups -OCH3 is 1. The van der Waals surface area contributed by atoms with Gasteiger partial charge in [-0.2, -0.15) is 4.31 Å². The molecule has 1 aliphatic rings. The Morgan fingerprint density at radius 2 is 2.04 bits per heavy atom. The predicted octanol–water partition coefficient (Wildman–Crippen LogP) is 2.42. The molecule has 0 unspecified atom stereocenters. The van der Waals surface area contributed by atoms with Crippen LogP contribution in [0, 0.1) is 0 Å². The van der Waals surface area contributed by atoms with E-state index in [9.17, 15) is 13.2 Å². The van der Waals surface area contributed by atoms with Gasteiger partial charge in [-0.25, -0.2) is 8.42 Å². The van der Waals surface area contributed by atoms with Crippen molar-refractivity contribution in [3.05, 3.63) is 35.7 Å². The standard InChI is InChI=1S/C18H24N4O5S/c1-3-14-6-4-5-11-22(14)28(24,25)15-9-7-13(8-10-15)17(23)19-18-21-20-16(27-18)12-26-2/h7-10,14H,3-6,11-12H2,1-2H3,(H,19,21,23)/t14-/m0/s1. The number of aromatic nitrogens is 2. The number of carbonyl (C=O) groups excluding carboxylic acids is 1. The minimum Gasteiger partial charge on any atom is -0.405 e. The van der Waals surface area contributed by atoms with Crippen molar-refractivity contribution in [1.82, 2.24) is 14.5 Å². The van der Waals surface area contributed by atoms with Crippen molar-refractivity contribution in [3.63, 3.8) is 0 Å². The van der Waals surface area contributed by atoms with Crippen molar-refractivity contribution >= 4 is 21.9 Å². The topological polar surface area (TPSA) is 115 Å². The first-order valence-electron chi connectivity index (χ1n) is 9.20. The lowest BCUT2D eigenvalue weighted by Crippen LogP contribution is -2.43. The monoisotopic (exact) mass is 408 g/mol. The summed E-state index contributed by atoms with van der Waals surface area (Å²) >= 11 is 0. The normalized spacial score (nSPS) is 18.1. The van der Waals surface area contributed by atoms with Crippen molar-refractivity contribution in [1.29, 1.82) is 0 Å². The van der Waals surface area contributed by atoms with Crippen LogP contribution < -0.4 is 5.32 Å². The van der Waals surface area contributed by atoms with E-state index in [1.807, 2.05) is 6.92 Å². The van der Waals surface area contributed by atoms with Gasteiger partial charge in [-0.15, -0.1) is 5.10 Å². The molecule has 0 aliphatic carbocycles. The number of hydrogen-bond donors (Lipinski definition) is 1. The zero-order valence-electron chi connectivity index (χ0n) is 15.9. The molecule has 152 valence electrons. The third kappa shape index (κ3) is 4.40. The summed E-state index contributed by atoms with van der Waals surface area (Å²) in [5.41, 5.74) is 0.288. The Morgan fingerprint density at radius 3 is 2.71 bits per heavy atom. The third-order valence-corrected chi connectivity index (χ3v) is 6.69. The van der Waals surface area contributed by atoms with E-state index in [1.165, 1.54) is 31.4 Å². The van der Waals surface area contributed by atoms with Crippen molar-refractivity contribution in [3.8, 4) is 0 Å². The minimum absolute atomic E-state index is 0.0283. The molecule has 1 atom stereocenters. The van der Waals surface area contributed by atoms with Gasteiger partial charge in [0.25, 0.3) is 5.91 Å². The third-order valence-electron chi connectivity index (χ3n) is 4.72. The van der Waals surface area contributed by atoms with Crippen molar-refractivity contribution in [2.24, 2.45) is 0 Å². The number of nitrogens with zero attached hydrogens (tertiary/aromatic N) is 3. The van der Waals surface area contributed by atoms with E-state index < -0.39 is 15.9 Å². The Kier molecular flexibility index (Phi) is 6.42. The van der Waals surface area contributed by atoms with Gasteiger partial charge in [-0.1, -0.05) is 18.4 Å². The van der Waals surface area contributed by atoms with Gasteiger partial charge < -0.3 is 9.15 Å². The second-order valence-electron chi connectivity index (χ2n) is 6.59. The molecule has 2 aromatic rings. The molecule has 1 fully saturated rings. The van der Waals surface area contributed by atoms with Crippen LogP contribution in [0.3, 0.4) is 0 Å². The number of hydrogen-bond acceptors (Lipinski definition) is 7. The average Bonchev–Trinajstić information content (AvgIpc) is 3.15. The fourth-order valence-corrected chi connectivity index (χ4v) is 5.03. The number of anilines is 1. The van der Waals surface area contributed by atoms with Crippen molar-refractivity contribution in [2.75, 3.05) is 19.0 Å². The number of amides is 1. The first-order chi connectivity index (χ1) is 13.5. The van der Waals surface area contributed by atoms with Crippen molar-refractivity contribution in [2.45, 2.75) is 50.2 Å². The van der Waals surface area contributed by atoms with E-state index in [1.54, 1.807) is 4.31 Å². The molecule has 10 heteroatoms. The SMILES string of the molecule is CC[C@H]1CCCCN1S(=O)(=O)c1ccc(C(=O)Nc2nnc(COC)o2)cc1. The van der Waals surface area contributed by atoms with E-state index in [-0.39, 0.29) is 35.0 Å². The van der Waals surface area contributed by atoms with Crippen LogP contribution >= 0.6 is 0 Å². The highest BCUT2D eigenvalue weighted by molar-refractivity contribution is 7.89. The molecule has 1 aromatic heterocycles. The molecule has 0 bridgehead atoms. The number of nitrogens with one attached hydrogen (secondary N) is 1. The lowest BCUT2D eigenvalue weighted by atomic mass is 10.0. The molecule has 1 aromatic carbocycles. The van der Waals surface area contributed by atoms with Crippen LogP contribution in [0.25, 0.3) is 0 Å². The molecular formula is C18H24N4O5S. The fraction of sp³-hybridized carbons (Fsp3) is 0.500. The first-order valence-corrected chi connectivity index (χ1v) is 10.6. The summed E-state index contributed by atoms with van der Waals surface area (Å²) in [4.78, 5) is 12.5. The molecule has 1 amide bonds. The number of rotatable bonds is 7. The maximum Gasteiger partial charge on any atom is 0.322 e. The lowest BCUT2D eigenvalue weighted by molar-refractivity contribution is 0.102. The molecule has 1 N–H and O–H groups in total. The van der Waals surface area contributed by atoms with E-state index >= 15 is 0 Å². The largest absolute Gasteiger partial charge is 0.405 e. The lowest BCUT2D eigenvalue weighted by Gasteiger charge is -2.34. The summed E-state index contributed by atoms with van der Waals surface area (Å²) in [6.07, 6.45) is 3.58. The quantitative estimate of drug-likeness (QED) is 0.748. The van der Waals surface area contributed by atoms with Gasteiger partial charge >= 0.3 is 6.01 Å². The molecule has 0 saturated carbocycles. The molecule has 3 rings (SSSR count). The van der Waals surface area contributed by atoms with Gasteiger partial charge in [0.05, 0.1) is 4.90 Å². The second kappa shape index (κ2) is 8.80. The minimum atomic E-state index is -3.58. The summed E-state index contributed by atoms with van der Waals surface area (Å²) in [5, 5.41) is 9.91. The van der Waals surface area contributed by atoms with Gasteiger partial charge in [0.2, 0.25) is 15.9 Å². The number of benzene rings is 1. The summed E-state index contributed by atoms with van der Waals surface area (Å²) < 4.78 is 37.6. The highest BCUT2D eigenvalue weighted by Gasteiger charge is 2.32. The van der Waals surface area contributed by atoms with E-state index in [4.69, 9.17) is 9.15 Å². The number of ether oxygens (including phenoxy) is 1. The zero-order valence-corrected chi connectivity index (χ0v) is 16.7. The van der Waals surface area contributed by atoms with Crippen LogP contribution in [-0.2, 0) is 21.4 Å². The molecule has 28 heavy (non-hydrogen) atoms. The molecule has 0 spiro atoms. The summed E-state index contributed by atoms with van der Waals surface area (Å²) in [6, 6.07) is 5.83. The molecule has 0 radical (unpaired) electrons. The van der Waals surface area contributed by atoms with Crippen LogP contribution in [-0.4, -0.2) is 48.5 Å². The van der Waals surface area contributed by atoms with Gasteiger partial charge in [-0.05, 0) is 43.5 Å². The Labute approximate surface area is 164 Å². The number of sulfonamides is 1. The number of piperidine rings is 1. The van der Waals surface area contributed by atoms with E-state index in [2.05, 4.69) is 15.5 Å². The molecular weight excluding hydrogens is 384 g/mol. The van der Waals surface area contributed by atoms with Crippen LogP contribution in [0.1, 0.15) is 48.9 Å². The Bertz CT molecular complexity index is 910. The van der Waals surface area contributed by atoms with Crippen LogP contribution in [0.4, 0.5) is 6.01 Å². The Hall–Kier alpha value is -2.30. The average molecular weight is 408 g/mol. The Morgan fingerprint density at radius 1 is 1.29 bits per heavy atom. The van der Waals surface area contributed by atoms with Crippen molar-refractivity contribution < 1.29 is 22.4 Å². The maximum absolute atomic E-state index is 13.0. The fourth-order valence-electron chi connectivity index (χ4n) is 3.27. The molecule has 1 aliphatic heterocycles.